The van der Waals surface area contributed by atoms with Gasteiger partial charge in [0.15, 0.2) is 0 Å². The molecule has 0 aromatic heterocycles. The second-order valence-corrected chi connectivity index (χ2v) is 8.26. The van der Waals surface area contributed by atoms with Crippen LogP contribution < -0.4 is 0 Å². The number of amides is 2. The third-order valence-corrected chi connectivity index (χ3v) is 6.10. The number of aryl methyl sites for hydroxylation is 2. The van der Waals surface area contributed by atoms with Gasteiger partial charge in [-0.3, -0.25) is 14.5 Å². The van der Waals surface area contributed by atoms with Crippen LogP contribution in [0.25, 0.3) is 5.57 Å². The molecular formula is C22H22ClNO3S. The number of thioether (sulfide) groups is 1. The van der Waals surface area contributed by atoms with E-state index in [1.807, 2.05) is 44.2 Å². The number of halogens is 1. The average Bonchev–Trinajstić information content (AvgIpc) is 2.91. The predicted octanol–water partition coefficient (Wildman–Crippen LogP) is 4.00. The summed E-state index contributed by atoms with van der Waals surface area (Å²) < 4.78 is 0. The van der Waals surface area contributed by atoms with Crippen LogP contribution in [-0.4, -0.2) is 40.7 Å². The molecule has 1 aliphatic rings. The van der Waals surface area contributed by atoms with Gasteiger partial charge < -0.3 is 5.11 Å². The Bertz CT molecular complexity index is 937. The van der Waals surface area contributed by atoms with E-state index in [9.17, 15) is 14.7 Å². The first-order valence-electron chi connectivity index (χ1n) is 9.08. The van der Waals surface area contributed by atoms with E-state index in [4.69, 9.17) is 11.6 Å². The number of hydrogen-bond acceptors (Lipinski definition) is 4. The summed E-state index contributed by atoms with van der Waals surface area (Å²) >= 11 is 7.15. The zero-order chi connectivity index (χ0) is 20.3. The maximum atomic E-state index is 13.1. The normalized spacial score (nSPS) is 14.4. The number of nitrogens with zero attached hydrogens (tertiary/aromatic N) is 1. The van der Waals surface area contributed by atoms with Gasteiger partial charge in [-0.1, -0.05) is 41.9 Å². The van der Waals surface area contributed by atoms with E-state index >= 15 is 0 Å². The van der Waals surface area contributed by atoms with Gasteiger partial charge in [-0.25, -0.2) is 0 Å². The van der Waals surface area contributed by atoms with Crippen LogP contribution in [0, 0.1) is 13.8 Å². The van der Waals surface area contributed by atoms with Crippen molar-refractivity contribution in [2.75, 3.05) is 18.9 Å². The molecule has 0 saturated carbocycles. The van der Waals surface area contributed by atoms with Gasteiger partial charge in [-0.05, 0) is 54.7 Å². The second-order valence-electron chi connectivity index (χ2n) is 6.71. The molecule has 0 aliphatic carbocycles. The van der Waals surface area contributed by atoms with Crippen LogP contribution in [0.2, 0.25) is 5.02 Å². The van der Waals surface area contributed by atoms with Crippen molar-refractivity contribution < 1.29 is 14.7 Å². The van der Waals surface area contributed by atoms with Gasteiger partial charge in [0.1, 0.15) is 0 Å². The van der Waals surface area contributed by atoms with Gasteiger partial charge >= 0.3 is 0 Å². The van der Waals surface area contributed by atoms with Crippen LogP contribution in [0.15, 0.2) is 47.4 Å². The van der Waals surface area contributed by atoms with Gasteiger partial charge in [-0.15, -0.1) is 11.8 Å². The fraction of sp³-hybridized carbons (Fsp3) is 0.273. The number of aliphatic hydroxyl groups excluding tert-OH is 1. The number of hydrogen-bond donors (Lipinski definition) is 1. The van der Waals surface area contributed by atoms with Crippen molar-refractivity contribution in [1.29, 1.82) is 0 Å². The molecule has 3 rings (SSSR count). The number of carbonyl (C=O) groups excluding carboxylic acids is 2. The molecule has 1 aliphatic heterocycles. The first-order chi connectivity index (χ1) is 13.4. The summed E-state index contributed by atoms with van der Waals surface area (Å²) in [6.45, 7) is 4.24. The minimum atomic E-state index is -0.286. The third-order valence-electron chi connectivity index (χ3n) is 4.80. The lowest BCUT2D eigenvalue weighted by atomic mass is 10.0. The Kier molecular flexibility index (Phi) is 6.60. The van der Waals surface area contributed by atoms with E-state index in [-0.39, 0.29) is 18.4 Å². The minimum absolute atomic E-state index is 0.0549. The summed E-state index contributed by atoms with van der Waals surface area (Å²) in [4.78, 5) is 27.8. The molecule has 0 radical (unpaired) electrons. The van der Waals surface area contributed by atoms with Crippen molar-refractivity contribution in [1.82, 2.24) is 4.90 Å². The predicted molar refractivity (Wildman–Crippen MR) is 114 cm³/mol. The molecule has 2 amide bonds. The standard InChI is InChI=1S/C22H22ClNO3S/c1-14-3-6-17(13-15(14)2)19-20(28-12-11-25)22(27)24(21(19)26)10-9-16-4-7-18(23)8-5-16/h3-8,13,25H,9-12H2,1-2H3. The van der Waals surface area contributed by atoms with Gasteiger partial charge in [0.2, 0.25) is 0 Å². The lowest BCUT2D eigenvalue weighted by Crippen LogP contribution is -2.33. The molecule has 0 unspecified atom stereocenters. The molecule has 4 nitrogen and oxygen atoms in total. The maximum absolute atomic E-state index is 13.1. The van der Waals surface area contributed by atoms with E-state index in [1.165, 1.54) is 16.7 Å². The molecule has 1 heterocycles. The average molecular weight is 416 g/mol. The zero-order valence-electron chi connectivity index (χ0n) is 15.9. The highest BCUT2D eigenvalue weighted by atomic mass is 35.5. The van der Waals surface area contributed by atoms with E-state index in [1.54, 1.807) is 12.1 Å². The monoisotopic (exact) mass is 415 g/mol. The van der Waals surface area contributed by atoms with Crippen molar-refractivity contribution in [3.8, 4) is 0 Å². The van der Waals surface area contributed by atoms with Crippen molar-refractivity contribution in [3.05, 3.63) is 74.6 Å². The van der Waals surface area contributed by atoms with Gasteiger partial charge in [-0.2, -0.15) is 0 Å². The molecule has 0 atom stereocenters. The van der Waals surface area contributed by atoms with Crippen LogP contribution in [0.3, 0.4) is 0 Å². The van der Waals surface area contributed by atoms with Crippen molar-refractivity contribution >= 4 is 40.8 Å². The summed E-state index contributed by atoms with van der Waals surface area (Å²) in [7, 11) is 0. The fourth-order valence-corrected chi connectivity index (χ4v) is 4.09. The third kappa shape index (κ3) is 4.32. The Balaban J connectivity index is 1.87. The van der Waals surface area contributed by atoms with Crippen LogP contribution >= 0.6 is 23.4 Å². The molecular weight excluding hydrogens is 394 g/mol. The first-order valence-corrected chi connectivity index (χ1v) is 10.4. The van der Waals surface area contributed by atoms with E-state index in [2.05, 4.69) is 0 Å². The Morgan fingerprint density at radius 2 is 1.71 bits per heavy atom. The maximum Gasteiger partial charge on any atom is 0.267 e. The summed E-state index contributed by atoms with van der Waals surface area (Å²) in [5.74, 6) is -0.193. The Morgan fingerprint density at radius 1 is 1.00 bits per heavy atom. The summed E-state index contributed by atoms with van der Waals surface area (Å²) in [6.07, 6.45) is 0.562. The molecule has 0 bridgehead atoms. The van der Waals surface area contributed by atoms with E-state index in [0.29, 0.717) is 34.2 Å². The summed E-state index contributed by atoms with van der Waals surface area (Å²) in [6, 6.07) is 13.2. The summed E-state index contributed by atoms with van der Waals surface area (Å²) in [5.41, 5.74) is 4.38. The summed E-state index contributed by atoms with van der Waals surface area (Å²) in [5, 5.41) is 9.84. The first kappa shape index (κ1) is 20.6. The van der Waals surface area contributed by atoms with Gasteiger partial charge in [0, 0.05) is 17.3 Å². The number of aliphatic hydroxyl groups is 1. The molecule has 2 aromatic carbocycles. The van der Waals surface area contributed by atoms with Gasteiger partial charge in [0.05, 0.1) is 17.1 Å². The molecule has 0 fully saturated rings. The molecule has 1 N–H and O–H groups in total. The van der Waals surface area contributed by atoms with Crippen molar-refractivity contribution in [2.24, 2.45) is 0 Å². The highest BCUT2D eigenvalue weighted by Gasteiger charge is 2.38. The minimum Gasteiger partial charge on any atom is -0.396 e. The fourth-order valence-electron chi connectivity index (χ4n) is 3.08. The molecule has 6 heteroatoms. The quantitative estimate of drug-likeness (QED) is 0.694. The molecule has 146 valence electrons. The number of benzene rings is 2. The zero-order valence-corrected chi connectivity index (χ0v) is 17.4. The Labute approximate surface area is 174 Å². The lowest BCUT2D eigenvalue weighted by molar-refractivity contribution is -0.136. The van der Waals surface area contributed by atoms with Crippen LogP contribution in [-0.2, 0) is 16.0 Å². The molecule has 0 saturated heterocycles. The molecule has 28 heavy (non-hydrogen) atoms. The highest BCUT2D eigenvalue weighted by molar-refractivity contribution is 8.04. The highest BCUT2D eigenvalue weighted by Crippen LogP contribution is 2.36. The largest absolute Gasteiger partial charge is 0.396 e. The smallest absolute Gasteiger partial charge is 0.267 e. The number of rotatable bonds is 7. The van der Waals surface area contributed by atoms with Gasteiger partial charge in [0.25, 0.3) is 11.8 Å². The molecule has 0 spiro atoms. The van der Waals surface area contributed by atoms with Crippen molar-refractivity contribution in [2.45, 2.75) is 20.3 Å². The Morgan fingerprint density at radius 3 is 2.36 bits per heavy atom. The van der Waals surface area contributed by atoms with Crippen LogP contribution in [0.4, 0.5) is 0 Å². The number of carbonyl (C=O) groups is 2. The van der Waals surface area contributed by atoms with Crippen LogP contribution in [0.1, 0.15) is 22.3 Å². The topological polar surface area (TPSA) is 57.6 Å². The SMILES string of the molecule is Cc1ccc(C2=C(SCCO)C(=O)N(CCc3ccc(Cl)cc3)C2=O)cc1C. The number of imide groups is 1. The lowest BCUT2D eigenvalue weighted by Gasteiger charge is -2.15. The van der Waals surface area contributed by atoms with Crippen LogP contribution in [0.5, 0.6) is 0 Å². The Hall–Kier alpha value is -2.08. The van der Waals surface area contributed by atoms with Crippen molar-refractivity contribution in [3.63, 3.8) is 0 Å². The van der Waals surface area contributed by atoms with E-state index in [0.717, 1.165) is 22.3 Å². The second kappa shape index (κ2) is 8.95. The molecule has 2 aromatic rings. The van der Waals surface area contributed by atoms with E-state index < -0.39 is 0 Å².